The molecule has 2 aromatic carbocycles. The zero-order chi connectivity index (χ0) is 23.3. The van der Waals surface area contributed by atoms with Crippen LogP contribution in [0.1, 0.15) is 33.4 Å². The Morgan fingerprint density at radius 3 is 2.24 bits per heavy atom. The summed E-state index contributed by atoms with van der Waals surface area (Å²) < 4.78 is 28.4. The summed E-state index contributed by atoms with van der Waals surface area (Å²) in [7, 11) is -3.70. The minimum Gasteiger partial charge on any atom is -0.332 e. The summed E-state index contributed by atoms with van der Waals surface area (Å²) >= 11 is 1.39. The van der Waals surface area contributed by atoms with Crippen LogP contribution in [-0.4, -0.2) is 35.3 Å². The van der Waals surface area contributed by atoms with Crippen molar-refractivity contribution < 1.29 is 13.2 Å². The van der Waals surface area contributed by atoms with Crippen molar-refractivity contribution >= 4 is 27.1 Å². The monoisotopic (exact) mass is 479 g/mol. The van der Waals surface area contributed by atoms with Gasteiger partial charge in [-0.2, -0.15) is 0 Å². The standard InChI is InChI=1S/C25H25N3O3S2/c1-2-27(24(29)23-14-9-15-32-23)18-22-16-26-25(28(22)17-20-10-5-3-6-11-20)33(30,31)19-21-12-7-4-8-13-21/h3-16H,2,17-19H2,1H3. The first kappa shape index (κ1) is 22.9. The number of nitrogens with zero attached hydrogens (tertiary/aromatic N) is 3. The normalized spacial score (nSPS) is 11.4. The summed E-state index contributed by atoms with van der Waals surface area (Å²) in [5.74, 6) is -0.210. The van der Waals surface area contributed by atoms with Gasteiger partial charge in [0, 0.05) is 6.54 Å². The van der Waals surface area contributed by atoms with Crippen LogP contribution in [0.15, 0.2) is 89.5 Å². The second kappa shape index (κ2) is 10.1. The van der Waals surface area contributed by atoms with E-state index in [2.05, 4.69) is 4.98 Å². The molecule has 33 heavy (non-hydrogen) atoms. The lowest BCUT2D eigenvalue weighted by molar-refractivity contribution is 0.0753. The number of rotatable bonds is 9. The van der Waals surface area contributed by atoms with Crippen molar-refractivity contribution in [3.05, 3.63) is 106 Å². The summed E-state index contributed by atoms with van der Waals surface area (Å²) in [6, 6.07) is 22.4. The van der Waals surface area contributed by atoms with Crippen molar-refractivity contribution in [3.8, 4) is 0 Å². The molecular formula is C25H25N3O3S2. The number of thiophene rings is 1. The molecule has 0 bridgehead atoms. The van der Waals surface area contributed by atoms with E-state index in [0.717, 1.165) is 5.56 Å². The zero-order valence-electron chi connectivity index (χ0n) is 18.3. The quantitative estimate of drug-likeness (QED) is 0.351. The predicted octanol–water partition coefficient (Wildman–Crippen LogP) is 4.63. The van der Waals surface area contributed by atoms with Crippen LogP contribution in [-0.2, 0) is 28.7 Å². The third-order valence-electron chi connectivity index (χ3n) is 5.32. The lowest BCUT2D eigenvalue weighted by Crippen LogP contribution is -2.31. The van der Waals surface area contributed by atoms with Gasteiger partial charge in [0.15, 0.2) is 0 Å². The van der Waals surface area contributed by atoms with Gasteiger partial charge in [-0.1, -0.05) is 66.7 Å². The molecule has 2 heterocycles. The first-order valence-corrected chi connectivity index (χ1v) is 13.2. The number of carbonyl (C=O) groups excluding carboxylic acids is 1. The molecule has 170 valence electrons. The van der Waals surface area contributed by atoms with Crippen LogP contribution in [0.25, 0.3) is 0 Å². The Hall–Kier alpha value is -3.23. The maximum absolute atomic E-state index is 13.3. The van der Waals surface area contributed by atoms with Crippen molar-refractivity contribution in [2.45, 2.75) is 30.9 Å². The summed E-state index contributed by atoms with van der Waals surface area (Å²) in [6.45, 7) is 3.04. The average Bonchev–Trinajstić information content (AvgIpc) is 3.49. The molecule has 0 fully saturated rings. The SMILES string of the molecule is CCN(Cc1cnc(S(=O)(=O)Cc2ccccc2)n1Cc1ccccc1)C(=O)c1cccs1. The van der Waals surface area contributed by atoms with E-state index in [4.69, 9.17) is 0 Å². The maximum Gasteiger partial charge on any atom is 0.264 e. The molecular weight excluding hydrogens is 454 g/mol. The van der Waals surface area contributed by atoms with Gasteiger partial charge in [-0.3, -0.25) is 4.79 Å². The van der Waals surface area contributed by atoms with E-state index in [-0.39, 0.29) is 23.4 Å². The molecule has 0 aliphatic carbocycles. The summed E-state index contributed by atoms with van der Waals surface area (Å²) in [4.78, 5) is 19.6. The largest absolute Gasteiger partial charge is 0.332 e. The van der Waals surface area contributed by atoms with Gasteiger partial charge >= 0.3 is 0 Å². The molecule has 4 aromatic rings. The van der Waals surface area contributed by atoms with Crippen LogP contribution in [0, 0.1) is 0 Å². The molecule has 0 saturated carbocycles. The third-order valence-corrected chi connectivity index (χ3v) is 7.77. The van der Waals surface area contributed by atoms with Crippen molar-refractivity contribution in [2.75, 3.05) is 6.54 Å². The molecule has 0 N–H and O–H groups in total. The van der Waals surface area contributed by atoms with Gasteiger partial charge in [0.1, 0.15) is 0 Å². The van der Waals surface area contributed by atoms with Gasteiger partial charge in [-0.25, -0.2) is 13.4 Å². The van der Waals surface area contributed by atoms with E-state index < -0.39 is 9.84 Å². The second-order valence-electron chi connectivity index (χ2n) is 7.65. The van der Waals surface area contributed by atoms with E-state index in [1.807, 2.05) is 66.9 Å². The Kier molecular flexibility index (Phi) is 7.05. The molecule has 0 saturated heterocycles. The highest BCUT2D eigenvalue weighted by Gasteiger charge is 2.26. The average molecular weight is 480 g/mol. The van der Waals surface area contributed by atoms with Gasteiger partial charge < -0.3 is 9.47 Å². The van der Waals surface area contributed by atoms with E-state index in [9.17, 15) is 13.2 Å². The summed E-state index contributed by atoms with van der Waals surface area (Å²) in [5.41, 5.74) is 2.34. The number of imidazole rings is 1. The molecule has 2 aromatic heterocycles. The van der Waals surface area contributed by atoms with Gasteiger partial charge in [-0.15, -0.1) is 11.3 Å². The molecule has 0 radical (unpaired) electrons. The van der Waals surface area contributed by atoms with Gasteiger partial charge in [0.2, 0.25) is 15.0 Å². The zero-order valence-corrected chi connectivity index (χ0v) is 19.9. The molecule has 0 spiro atoms. The molecule has 4 rings (SSSR count). The fourth-order valence-corrected chi connectivity index (χ4v) is 5.82. The topological polar surface area (TPSA) is 72.3 Å². The van der Waals surface area contributed by atoms with Crippen molar-refractivity contribution in [1.29, 1.82) is 0 Å². The minimum absolute atomic E-state index is 0.0184. The number of benzene rings is 2. The molecule has 0 unspecified atom stereocenters. The molecule has 0 aliphatic rings. The van der Waals surface area contributed by atoms with Crippen LogP contribution in [0.2, 0.25) is 0 Å². The molecule has 0 aliphatic heterocycles. The molecule has 1 amide bonds. The first-order valence-electron chi connectivity index (χ1n) is 10.7. The van der Waals surface area contributed by atoms with Gasteiger partial charge in [-0.05, 0) is 29.5 Å². The van der Waals surface area contributed by atoms with Gasteiger partial charge in [0.25, 0.3) is 5.91 Å². The Bertz CT molecular complexity index is 1300. The van der Waals surface area contributed by atoms with Crippen LogP contribution in [0.4, 0.5) is 0 Å². The Morgan fingerprint density at radius 2 is 1.64 bits per heavy atom. The van der Waals surface area contributed by atoms with Crippen LogP contribution >= 0.6 is 11.3 Å². The van der Waals surface area contributed by atoms with Crippen LogP contribution in [0.5, 0.6) is 0 Å². The fourth-order valence-electron chi connectivity index (χ4n) is 3.64. The number of hydrogen-bond acceptors (Lipinski definition) is 5. The predicted molar refractivity (Wildman–Crippen MR) is 130 cm³/mol. The Labute approximate surface area is 198 Å². The molecule has 0 atom stereocenters. The smallest absolute Gasteiger partial charge is 0.264 e. The van der Waals surface area contributed by atoms with E-state index in [0.29, 0.717) is 29.2 Å². The fraction of sp³-hybridized carbons (Fsp3) is 0.200. The summed E-state index contributed by atoms with van der Waals surface area (Å²) in [5, 5.41) is 1.89. The van der Waals surface area contributed by atoms with E-state index in [1.54, 1.807) is 33.9 Å². The number of aromatic nitrogens is 2. The number of carbonyl (C=O) groups is 1. The van der Waals surface area contributed by atoms with Crippen molar-refractivity contribution in [3.63, 3.8) is 0 Å². The minimum atomic E-state index is -3.70. The van der Waals surface area contributed by atoms with E-state index >= 15 is 0 Å². The number of hydrogen-bond donors (Lipinski definition) is 0. The second-order valence-corrected chi connectivity index (χ2v) is 10.5. The summed E-state index contributed by atoms with van der Waals surface area (Å²) in [6.07, 6.45) is 1.57. The number of sulfone groups is 1. The number of amides is 1. The lowest BCUT2D eigenvalue weighted by Gasteiger charge is -2.21. The maximum atomic E-state index is 13.3. The van der Waals surface area contributed by atoms with Crippen molar-refractivity contribution in [2.24, 2.45) is 0 Å². The first-order chi connectivity index (χ1) is 16.0. The third kappa shape index (κ3) is 5.40. The molecule has 6 nitrogen and oxygen atoms in total. The van der Waals surface area contributed by atoms with Gasteiger partial charge in [0.05, 0.1) is 35.6 Å². The Morgan fingerprint density at radius 1 is 0.970 bits per heavy atom. The highest BCUT2D eigenvalue weighted by Crippen LogP contribution is 2.21. The highest BCUT2D eigenvalue weighted by molar-refractivity contribution is 7.90. The van der Waals surface area contributed by atoms with Crippen LogP contribution in [0.3, 0.4) is 0 Å². The Balaban J connectivity index is 1.69. The van der Waals surface area contributed by atoms with Crippen LogP contribution < -0.4 is 0 Å². The highest BCUT2D eigenvalue weighted by atomic mass is 32.2. The lowest BCUT2D eigenvalue weighted by atomic mass is 10.2. The van der Waals surface area contributed by atoms with E-state index in [1.165, 1.54) is 11.3 Å². The van der Waals surface area contributed by atoms with Crippen molar-refractivity contribution in [1.82, 2.24) is 14.5 Å². The molecule has 8 heteroatoms.